The van der Waals surface area contributed by atoms with Crippen molar-refractivity contribution in [2.45, 2.75) is 29.8 Å². The van der Waals surface area contributed by atoms with Crippen LogP contribution < -0.4 is 0 Å². The van der Waals surface area contributed by atoms with Crippen molar-refractivity contribution in [3.05, 3.63) is 0 Å². The van der Waals surface area contributed by atoms with Crippen molar-refractivity contribution >= 4 is 25.3 Å². The van der Waals surface area contributed by atoms with Crippen LogP contribution >= 0.6 is 25.3 Å². The molecule has 0 aromatic heterocycles. The molecule has 0 saturated heterocycles. The van der Waals surface area contributed by atoms with Crippen molar-refractivity contribution in [2.24, 2.45) is 11.8 Å². The number of rotatable bonds is 0. The van der Waals surface area contributed by atoms with Gasteiger partial charge in [0.25, 0.3) is 0 Å². The molecule has 52 valence electrons. The fraction of sp³-hybridized carbons (Fsp3) is 1.00. The van der Waals surface area contributed by atoms with Gasteiger partial charge in [-0.1, -0.05) is 0 Å². The quantitative estimate of drug-likeness (QED) is 0.498. The van der Waals surface area contributed by atoms with Crippen molar-refractivity contribution in [1.82, 2.24) is 0 Å². The first-order chi connectivity index (χ1) is 4.27. The summed E-state index contributed by atoms with van der Waals surface area (Å²) in [5.74, 6) is 1.81. The molecule has 2 aliphatic carbocycles. The third-order valence-corrected chi connectivity index (χ3v) is 3.93. The Morgan fingerprint density at radius 3 is 1.67 bits per heavy atom. The lowest BCUT2D eigenvalue weighted by molar-refractivity contribution is 0.507. The number of hydrogen-bond acceptors (Lipinski definition) is 2. The number of thiol groups is 2. The second kappa shape index (κ2) is 2.09. The van der Waals surface area contributed by atoms with E-state index in [0.717, 1.165) is 11.8 Å². The zero-order chi connectivity index (χ0) is 6.43. The molecule has 0 aliphatic heterocycles. The summed E-state index contributed by atoms with van der Waals surface area (Å²) in [7, 11) is 0. The van der Waals surface area contributed by atoms with E-state index >= 15 is 0 Å². The molecular weight excluding hydrogens is 148 g/mol. The topological polar surface area (TPSA) is 0 Å². The molecule has 0 amide bonds. The van der Waals surface area contributed by atoms with E-state index < -0.39 is 0 Å². The van der Waals surface area contributed by atoms with Crippen LogP contribution in [0.5, 0.6) is 0 Å². The summed E-state index contributed by atoms with van der Waals surface area (Å²) in [6.07, 6.45) is 4.11. The lowest BCUT2D eigenvalue weighted by atomic mass is 10.00. The lowest BCUT2D eigenvalue weighted by Gasteiger charge is -2.21. The van der Waals surface area contributed by atoms with E-state index in [-0.39, 0.29) is 0 Å². The second-order valence-electron chi connectivity index (χ2n) is 3.37. The van der Waals surface area contributed by atoms with Crippen LogP contribution in [0.15, 0.2) is 0 Å². The number of hydrogen-bond donors (Lipinski definition) is 2. The maximum absolute atomic E-state index is 4.51. The van der Waals surface area contributed by atoms with Gasteiger partial charge in [-0.3, -0.25) is 0 Å². The molecule has 2 bridgehead atoms. The molecule has 0 aromatic rings. The van der Waals surface area contributed by atoms with Gasteiger partial charge >= 0.3 is 0 Å². The first-order valence-corrected chi connectivity index (χ1v) is 4.67. The van der Waals surface area contributed by atoms with E-state index in [1.807, 2.05) is 0 Å². The molecule has 0 aromatic carbocycles. The van der Waals surface area contributed by atoms with Crippen LogP contribution in [0.4, 0.5) is 0 Å². The summed E-state index contributed by atoms with van der Waals surface area (Å²) < 4.78 is 0. The van der Waals surface area contributed by atoms with Crippen LogP contribution in [0.3, 0.4) is 0 Å². The van der Waals surface area contributed by atoms with Gasteiger partial charge in [0.2, 0.25) is 0 Å². The van der Waals surface area contributed by atoms with Crippen molar-refractivity contribution < 1.29 is 0 Å². The predicted octanol–water partition coefficient (Wildman–Crippen LogP) is 2.01. The summed E-state index contributed by atoms with van der Waals surface area (Å²) in [5, 5.41) is 1.34. The molecule has 2 rings (SSSR count). The molecule has 0 nitrogen and oxygen atoms in total. The molecule has 2 unspecified atom stereocenters. The summed E-state index contributed by atoms with van der Waals surface area (Å²) in [4.78, 5) is 0. The standard InChI is InChI=1S/C7H12S2/c8-6-2-4-1-5(6)7(9)3-4/h4-9H,1-3H2/t4?,5?,6-,7+. The van der Waals surface area contributed by atoms with Crippen LogP contribution in [-0.2, 0) is 0 Å². The van der Waals surface area contributed by atoms with Gasteiger partial charge in [-0.05, 0) is 31.1 Å². The monoisotopic (exact) mass is 160 g/mol. The third kappa shape index (κ3) is 0.911. The first-order valence-electron chi connectivity index (χ1n) is 3.63. The summed E-state index contributed by atoms with van der Waals surface area (Å²) in [6.45, 7) is 0. The van der Waals surface area contributed by atoms with Crippen molar-refractivity contribution in [3.63, 3.8) is 0 Å². The highest BCUT2D eigenvalue weighted by Gasteiger charge is 2.42. The Bertz CT molecular complexity index is 112. The Morgan fingerprint density at radius 2 is 1.44 bits per heavy atom. The summed E-state index contributed by atoms with van der Waals surface area (Å²) in [5.41, 5.74) is 0. The van der Waals surface area contributed by atoms with Gasteiger partial charge in [-0.25, -0.2) is 0 Å². The zero-order valence-electron chi connectivity index (χ0n) is 5.33. The Morgan fingerprint density at radius 1 is 0.889 bits per heavy atom. The fourth-order valence-electron chi connectivity index (χ4n) is 2.28. The van der Waals surface area contributed by atoms with Crippen molar-refractivity contribution in [1.29, 1.82) is 0 Å². The average Bonchev–Trinajstić information content (AvgIpc) is 2.22. The van der Waals surface area contributed by atoms with Crippen LogP contribution in [0, 0.1) is 11.8 Å². The highest BCUT2D eigenvalue weighted by Crippen LogP contribution is 2.48. The van der Waals surface area contributed by atoms with Crippen molar-refractivity contribution in [2.75, 3.05) is 0 Å². The molecule has 9 heavy (non-hydrogen) atoms. The normalized spacial score (nSPS) is 56.7. The zero-order valence-corrected chi connectivity index (χ0v) is 7.11. The van der Waals surface area contributed by atoms with Gasteiger partial charge in [0.1, 0.15) is 0 Å². The van der Waals surface area contributed by atoms with Crippen molar-refractivity contribution in [3.8, 4) is 0 Å². The minimum Gasteiger partial charge on any atom is -0.176 e. The molecule has 0 radical (unpaired) electrons. The van der Waals surface area contributed by atoms with Gasteiger partial charge in [0, 0.05) is 10.5 Å². The van der Waals surface area contributed by atoms with E-state index in [0.29, 0.717) is 10.5 Å². The molecule has 2 heteroatoms. The highest BCUT2D eigenvalue weighted by molar-refractivity contribution is 7.82. The van der Waals surface area contributed by atoms with Crippen LogP contribution in [-0.4, -0.2) is 10.5 Å². The number of fused-ring (bicyclic) bond motifs is 2. The molecule has 4 atom stereocenters. The average molecular weight is 160 g/mol. The fourth-order valence-corrected chi connectivity index (χ4v) is 3.67. The SMILES string of the molecule is S[C@@H]1CC2CC1[C@@H](S)C2. The largest absolute Gasteiger partial charge is 0.176 e. The molecule has 2 fully saturated rings. The van der Waals surface area contributed by atoms with Gasteiger partial charge in [-0.15, -0.1) is 0 Å². The van der Waals surface area contributed by atoms with Gasteiger partial charge in [-0.2, -0.15) is 25.3 Å². The van der Waals surface area contributed by atoms with E-state index in [1.54, 1.807) is 0 Å². The third-order valence-electron chi connectivity index (χ3n) is 2.74. The molecule has 2 aliphatic rings. The first kappa shape index (κ1) is 6.41. The van der Waals surface area contributed by atoms with E-state index in [2.05, 4.69) is 25.3 Å². The molecule has 0 N–H and O–H groups in total. The summed E-state index contributed by atoms with van der Waals surface area (Å²) in [6, 6.07) is 0. The highest BCUT2D eigenvalue weighted by atomic mass is 32.1. The Labute approximate surface area is 67.2 Å². The van der Waals surface area contributed by atoms with Gasteiger partial charge < -0.3 is 0 Å². The molecular formula is C7H12S2. The van der Waals surface area contributed by atoms with E-state index in [1.165, 1.54) is 19.3 Å². The smallest absolute Gasteiger partial charge is 0.00582 e. The second-order valence-corrected chi connectivity index (χ2v) is 4.70. The Balaban J connectivity index is 2.13. The maximum Gasteiger partial charge on any atom is 0.00582 e. The minimum atomic E-state index is 0.672. The summed E-state index contributed by atoms with van der Waals surface area (Å²) >= 11 is 9.02. The Hall–Kier alpha value is 0.700. The Kier molecular flexibility index (Phi) is 1.49. The minimum absolute atomic E-state index is 0.672. The molecule has 2 saturated carbocycles. The molecule has 0 heterocycles. The molecule has 0 spiro atoms. The predicted molar refractivity (Wildman–Crippen MR) is 46.4 cm³/mol. The maximum atomic E-state index is 4.51. The van der Waals surface area contributed by atoms with E-state index in [4.69, 9.17) is 0 Å². The van der Waals surface area contributed by atoms with Gasteiger partial charge in [0.05, 0.1) is 0 Å². The van der Waals surface area contributed by atoms with Crippen LogP contribution in [0.2, 0.25) is 0 Å². The van der Waals surface area contributed by atoms with Crippen LogP contribution in [0.25, 0.3) is 0 Å². The van der Waals surface area contributed by atoms with Gasteiger partial charge in [0.15, 0.2) is 0 Å². The van der Waals surface area contributed by atoms with Crippen LogP contribution in [0.1, 0.15) is 19.3 Å². The lowest BCUT2D eigenvalue weighted by Crippen LogP contribution is -2.20. The van der Waals surface area contributed by atoms with E-state index in [9.17, 15) is 0 Å².